The topological polar surface area (TPSA) is 72.7 Å². The number of carbonyl (C=O) groups excluding carboxylic acids is 1. The number of fused-ring (bicyclic) bond motifs is 1. The molecule has 4 aromatic rings. The van der Waals surface area contributed by atoms with Crippen molar-refractivity contribution in [2.24, 2.45) is 0 Å². The van der Waals surface area contributed by atoms with Crippen LogP contribution in [0, 0.1) is 13.8 Å². The first-order chi connectivity index (χ1) is 14.0. The fraction of sp³-hybridized carbons (Fsp3) is 0.238. The molecule has 2 heterocycles. The number of aryl methyl sites for hydroxylation is 2. The Bertz CT molecular complexity index is 1180. The summed E-state index contributed by atoms with van der Waals surface area (Å²) in [4.78, 5) is 17.0. The first-order valence-corrected chi connectivity index (χ1v) is 11.1. The number of carbonyl (C=O) groups is 1. The van der Waals surface area contributed by atoms with Crippen LogP contribution in [0.5, 0.6) is 0 Å². The summed E-state index contributed by atoms with van der Waals surface area (Å²) < 4.78 is 3.11. The molecule has 0 unspecified atom stereocenters. The minimum Gasteiger partial charge on any atom is -0.302 e. The van der Waals surface area contributed by atoms with Gasteiger partial charge in [-0.15, -0.1) is 10.2 Å². The van der Waals surface area contributed by atoms with E-state index in [2.05, 4.69) is 46.5 Å². The van der Waals surface area contributed by atoms with Gasteiger partial charge in [0.15, 0.2) is 16.1 Å². The minimum atomic E-state index is -0.102. The fourth-order valence-electron chi connectivity index (χ4n) is 3.10. The van der Waals surface area contributed by atoms with Crippen molar-refractivity contribution in [2.45, 2.75) is 32.5 Å². The molecular weight excluding hydrogens is 402 g/mol. The SMILES string of the molecule is CCn1c(SCC(=O)Nc2nc3c(C)cccc3s2)nnc1-c1cccc(C)c1. The number of anilines is 1. The third-order valence-corrected chi connectivity index (χ3v) is 6.41. The van der Waals surface area contributed by atoms with Crippen LogP contribution >= 0.6 is 23.1 Å². The maximum absolute atomic E-state index is 12.4. The summed E-state index contributed by atoms with van der Waals surface area (Å²) in [7, 11) is 0. The highest BCUT2D eigenvalue weighted by molar-refractivity contribution is 7.99. The molecule has 2 aromatic carbocycles. The molecule has 1 N–H and O–H groups in total. The van der Waals surface area contributed by atoms with Gasteiger partial charge in [0.2, 0.25) is 5.91 Å². The fourth-order valence-corrected chi connectivity index (χ4v) is 4.87. The molecule has 0 radical (unpaired) electrons. The van der Waals surface area contributed by atoms with Gasteiger partial charge in [-0.2, -0.15) is 0 Å². The molecule has 0 aliphatic heterocycles. The van der Waals surface area contributed by atoms with Crippen LogP contribution in [0.2, 0.25) is 0 Å². The lowest BCUT2D eigenvalue weighted by atomic mass is 10.1. The standard InChI is InChI=1S/C21H21N5OS2/c1-4-26-19(15-9-5-7-13(2)11-15)24-25-21(26)28-12-17(27)22-20-23-18-14(3)8-6-10-16(18)29-20/h5-11H,4,12H2,1-3H3,(H,22,23,27). The number of thioether (sulfide) groups is 1. The highest BCUT2D eigenvalue weighted by Gasteiger charge is 2.15. The zero-order valence-corrected chi connectivity index (χ0v) is 18.1. The van der Waals surface area contributed by atoms with Crippen molar-refractivity contribution >= 4 is 44.4 Å². The van der Waals surface area contributed by atoms with Crippen LogP contribution in [0.4, 0.5) is 5.13 Å². The molecule has 8 heteroatoms. The second kappa shape index (κ2) is 8.34. The molecule has 2 aromatic heterocycles. The number of nitrogens with one attached hydrogen (secondary N) is 1. The summed E-state index contributed by atoms with van der Waals surface area (Å²) in [6, 6.07) is 14.2. The van der Waals surface area contributed by atoms with Gasteiger partial charge in [0.1, 0.15) is 0 Å². The molecule has 0 saturated heterocycles. The summed E-state index contributed by atoms with van der Waals surface area (Å²) in [6.45, 7) is 6.86. The maximum Gasteiger partial charge on any atom is 0.236 e. The summed E-state index contributed by atoms with van der Waals surface area (Å²) in [6.07, 6.45) is 0. The Hall–Kier alpha value is -2.71. The molecule has 0 bridgehead atoms. The number of aromatic nitrogens is 4. The average molecular weight is 424 g/mol. The lowest BCUT2D eigenvalue weighted by Crippen LogP contribution is -2.14. The largest absolute Gasteiger partial charge is 0.302 e. The van der Waals surface area contributed by atoms with Crippen molar-refractivity contribution in [1.29, 1.82) is 0 Å². The van der Waals surface area contributed by atoms with E-state index in [4.69, 9.17) is 0 Å². The van der Waals surface area contributed by atoms with E-state index in [1.807, 2.05) is 41.8 Å². The number of para-hydroxylation sites is 1. The van der Waals surface area contributed by atoms with Gasteiger partial charge in [0.05, 0.1) is 16.0 Å². The lowest BCUT2D eigenvalue weighted by molar-refractivity contribution is -0.113. The Morgan fingerprint density at radius 2 is 2.00 bits per heavy atom. The molecule has 148 valence electrons. The van der Waals surface area contributed by atoms with E-state index in [-0.39, 0.29) is 11.7 Å². The van der Waals surface area contributed by atoms with Crippen molar-refractivity contribution < 1.29 is 4.79 Å². The molecule has 1 amide bonds. The Kier molecular flexibility index (Phi) is 5.64. The highest BCUT2D eigenvalue weighted by atomic mass is 32.2. The van der Waals surface area contributed by atoms with E-state index in [0.717, 1.165) is 38.9 Å². The van der Waals surface area contributed by atoms with Gasteiger partial charge in [-0.1, -0.05) is 59.0 Å². The first kappa shape index (κ1) is 19.6. The van der Waals surface area contributed by atoms with Crippen LogP contribution in [0.3, 0.4) is 0 Å². The third kappa shape index (κ3) is 4.18. The van der Waals surface area contributed by atoms with E-state index in [1.165, 1.54) is 28.7 Å². The minimum absolute atomic E-state index is 0.102. The molecule has 29 heavy (non-hydrogen) atoms. The number of nitrogens with zero attached hydrogens (tertiary/aromatic N) is 4. The second-order valence-electron chi connectivity index (χ2n) is 6.70. The maximum atomic E-state index is 12.4. The molecule has 0 aliphatic carbocycles. The molecule has 0 aliphatic rings. The monoisotopic (exact) mass is 423 g/mol. The zero-order valence-electron chi connectivity index (χ0n) is 16.5. The predicted octanol–water partition coefficient (Wildman–Crippen LogP) is 4.92. The van der Waals surface area contributed by atoms with E-state index in [1.54, 1.807) is 0 Å². The van der Waals surface area contributed by atoms with Crippen molar-refractivity contribution in [2.75, 3.05) is 11.1 Å². The summed E-state index contributed by atoms with van der Waals surface area (Å²) in [5.74, 6) is 0.969. The summed E-state index contributed by atoms with van der Waals surface area (Å²) in [5, 5.41) is 12.9. The highest BCUT2D eigenvalue weighted by Crippen LogP contribution is 2.28. The lowest BCUT2D eigenvalue weighted by Gasteiger charge is -2.07. The third-order valence-electron chi connectivity index (χ3n) is 4.51. The Balaban J connectivity index is 1.45. The first-order valence-electron chi connectivity index (χ1n) is 9.34. The quantitative estimate of drug-likeness (QED) is 0.446. The van der Waals surface area contributed by atoms with Gasteiger partial charge in [-0.3, -0.25) is 4.79 Å². The van der Waals surface area contributed by atoms with Crippen LogP contribution < -0.4 is 5.32 Å². The molecule has 0 atom stereocenters. The van der Waals surface area contributed by atoms with Gasteiger partial charge >= 0.3 is 0 Å². The van der Waals surface area contributed by atoms with E-state index in [0.29, 0.717) is 5.13 Å². The number of rotatable bonds is 6. The smallest absolute Gasteiger partial charge is 0.236 e. The van der Waals surface area contributed by atoms with Crippen molar-refractivity contribution in [3.05, 3.63) is 53.6 Å². The van der Waals surface area contributed by atoms with E-state index in [9.17, 15) is 4.79 Å². The molecule has 6 nitrogen and oxygen atoms in total. The predicted molar refractivity (Wildman–Crippen MR) is 120 cm³/mol. The van der Waals surface area contributed by atoms with Gasteiger partial charge < -0.3 is 9.88 Å². The molecule has 0 spiro atoms. The van der Waals surface area contributed by atoms with Crippen LogP contribution in [0.15, 0.2) is 47.6 Å². The van der Waals surface area contributed by atoms with Gasteiger partial charge in [-0.05, 0) is 38.5 Å². The van der Waals surface area contributed by atoms with Crippen molar-refractivity contribution in [3.8, 4) is 11.4 Å². The van der Waals surface area contributed by atoms with Gasteiger partial charge in [0.25, 0.3) is 0 Å². The number of benzene rings is 2. The number of amides is 1. The number of thiazole rings is 1. The summed E-state index contributed by atoms with van der Waals surface area (Å²) >= 11 is 2.87. The van der Waals surface area contributed by atoms with Crippen LogP contribution in [-0.4, -0.2) is 31.4 Å². The van der Waals surface area contributed by atoms with Crippen LogP contribution in [-0.2, 0) is 11.3 Å². The van der Waals surface area contributed by atoms with Gasteiger partial charge in [-0.25, -0.2) is 4.98 Å². The molecule has 0 fully saturated rings. The van der Waals surface area contributed by atoms with E-state index >= 15 is 0 Å². The van der Waals surface area contributed by atoms with Gasteiger partial charge in [0, 0.05) is 12.1 Å². The summed E-state index contributed by atoms with van der Waals surface area (Å²) in [5.41, 5.74) is 4.25. The van der Waals surface area contributed by atoms with Crippen molar-refractivity contribution in [3.63, 3.8) is 0 Å². The number of hydrogen-bond acceptors (Lipinski definition) is 6. The Morgan fingerprint density at radius 3 is 2.76 bits per heavy atom. The van der Waals surface area contributed by atoms with Crippen molar-refractivity contribution in [1.82, 2.24) is 19.7 Å². The Labute approximate surface area is 177 Å². The van der Waals surface area contributed by atoms with E-state index < -0.39 is 0 Å². The van der Waals surface area contributed by atoms with Crippen LogP contribution in [0.1, 0.15) is 18.1 Å². The zero-order chi connectivity index (χ0) is 20.4. The molecule has 0 saturated carbocycles. The molecule has 4 rings (SSSR count). The van der Waals surface area contributed by atoms with Crippen LogP contribution in [0.25, 0.3) is 21.6 Å². The second-order valence-corrected chi connectivity index (χ2v) is 8.67. The number of hydrogen-bond donors (Lipinski definition) is 1. The Morgan fingerprint density at radius 1 is 1.17 bits per heavy atom. The molecular formula is C21H21N5OS2. The average Bonchev–Trinajstić information content (AvgIpc) is 3.30. The normalized spacial score (nSPS) is 11.1.